The Morgan fingerprint density at radius 3 is 2.37 bits per heavy atom. The summed E-state index contributed by atoms with van der Waals surface area (Å²) < 4.78 is 27.0. The highest BCUT2D eigenvalue weighted by Gasteiger charge is 2.39. The van der Waals surface area contributed by atoms with E-state index in [2.05, 4.69) is 20.9 Å². The molecule has 0 aliphatic rings. The number of anilines is 1. The van der Waals surface area contributed by atoms with Gasteiger partial charge in [-0.2, -0.15) is 0 Å². The highest BCUT2D eigenvalue weighted by molar-refractivity contribution is 9.10. The van der Waals surface area contributed by atoms with Crippen molar-refractivity contribution in [1.82, 2.24) is 4.98 Å². The van der Waals surface area contributed by atoms with Crippen LogP contribution in [-0.4, -0.2) is 53.0 Å². The molecule has 0 fully saturated rings. The molecular formula is C29H29BrN4O6S. The largest absolute Gasteiger partial charge is 0.494 e. The number of amides is 1. The van der Waals surface area contributed by atoms with Crippen molar-refractivity contribution in [1.29, 1.82) is 0 Å². The fourth-order valence-corrected chi connectivity index (χ4v) is 6.39. The number of aliphatic carboxylic acids is 1. The zero-order valence-corrected chi connectivity index (χ0v) is 25.0. The number of nitrogens with two attached hydrogens (primary N) is 1. The average Bonchev–Trinajstić information content (AvgIpc) is 3.20. The first kappa shape index (κ1) is 29.8. The van der Waals surface area contributed by atoms with E-state index in [0.717, 1.165) is 20.6 Å². The predicted molar refractivity (Wildman–Crippen MR) is 162 cm³/mol. The Bertz CT molecular complexity index is 1780. The fraction of sp³-hybridized carbons (Fsp3) is 0.207. The Kier molecular flexibility index (Phi) is 8.27. The lowest BCUT2D eigenvalue weighted by atomic mass is 9.97. The molecule has 41 heavy (non-hydrogen) atoms. The number of nitrogens with zero attached hydrogens (tertiary/aromatic N) is 2. The zero-order valence-electron chi connectivity index (χ0n) is 22.6. The van der Waals surface area contributed by atoms with E-state index < -0.39 is 27.4 Å². The number of aromatic nitrogens is 1. The summed E-state index contributed by atoms with van der Waals surface area (Å²) in [4.78, 5) is 31.1. The number of aryl methyl sites for hydroxylation is 1. The molecule has 214 valence electrons. The van der Waals surface area contributed by atoms with Crippen molar-refractivity contribution >= 4 is 65.8 Å². The third-order valence-electron chi connectivity index (χ3n) is 6.57. The van der Waals surface area contributed by atoms with E-state index >= 15 is 0 Å². The first-order valence-corrected chi connectivity index (χ1v) is 15.1. The van der Waals surface area contributed by atoms with Crippen molar-refractivity contribution in [3.8, 4) is 5.88 Å². The summed E-state index contributed by atoms with van der Waals surface area (Å²) in [6, 6.07) is 19.0. The third kappa shape index (κ3) is 6.44. The number of carbonyl (C=O) groups excluding carboxylic acids is 1. The number of sulfonamides is 1. The van der Waals surface area contributed by atoms with Crippen LogP contribution in [0.4, 0.5) is 11.4 Å². The minimum Gasteiger partial charge on any atom is -0.494 e. The minimum absolute atomic E-state index is 0.0394. The quantitative estimate of drug-likeness (QED) is 0.181. The third-order valence-corrected chi connectivity index (χ3v) is 8.40. The van der Waals surface area contributed by atoms with Crippen LogP contribution in [0.2, 0.25) is 0 Å². The Morgan fingerprint density at radius 2 is 1.76 bits per heavy atom. The standard InChI is InChI=1S/C29H29BrN4O6S/c1-29(2,28(31)38)34(41(3,39)40)21-11-9-20(10-12-21)32-26(18-6-4-5-17(15-18)7-14-24(35)36)25-22-13-8-19(30)16-23(22)33-27(25)37/h4-6,8-13,15-16,33,37H,7,14H2,1-3H3,(H2,31,38)(H,35,36). The van der Waals surface area contributed by atoms with Gasteiger partial charge >= 0.3 is 5.97 Å². The molecule has 4 aromatic rings. The van der Waals surface area contributed by atoms with Gasteiger partial charge in [-0.1, -0.05) is 40.2 Å². The van der Waals surface area contributed by atoms with Crippen LogP contribution in [-0.2, 0) is 26.0 Å². The van der Waals surface area contributed by atoms with Crippen molar-refractivity contribution in [3.05, 3.63) is 87.9 Å². The minimum atomic E-state index is -3.87. The normalized spacial score (nSPS) is 12.4. The number of aromatic hydroxyl groups is 1. The summed E-state index contributed by atoms with van der Waals surface area (Å²) in [6.07, 6.45) is 1.27. The Hall–Kier alpha value is -4.16. The van der Waals surface area contributed by atoms with Crippen LogP contribution >= 0.6 is 15.9 Å². The van der Waals surface area contributed by atoms with E-state index in [4.69, 9.17) is 15.8 Å². The molecule has 0 spiro atoms. The van der Waals surface area contributed by atoms with Gasteiger partial charge in [0.05, 0.1) is 34.4 Å². The smallest absolute Gasteiger partial charge is 0.303 e. The van der Waals surface area contributed by atoms with Gasteiger partial charge in [0.15, 0.2) is 5.88 Å². The van der Waals surface area contributed by atoms with E-state index in [-0.39, 0.29) is 18.0 Å². The molecule has 0 aliphatic carbocycles. The number of aliphatic imine (C=N–C) groups is 1. The van der Waals surface area contributed by atoms with Crippen LogP contribution < -0.4 is 10.0 Å². The number of carboxylic acid groups (broad SMARTS) is 1. The van der Waals surface area contributed by atoms with Crippen LogP contribution in [0, 0.1) is 0 Å². The maximum absolute atomic E-state index is 12.6. The van der Waals surface area contributed by atoms with Crippen LogP contribution in [0.25, 0.3) is 10.9 Å². The summed E-state index contributed by atoms with van der Waals surface area (Å²) >= 11 is 3.44. The van der Waals surface area contributed by atoms with Gasteiger partial charge in [-0.15, -0.1) is 0 Å². The van der Waals surface area contributed by atoms with Crippen LogP contribution in [0.1, 0.15) is 37.0 Å². The molecule has 10 nitrogen and oxygen atoms in total. The second-order valence-corrected chi connectivity index (χ2v) is 12.8. The number of nitrogens with one attached hydrogen (secondary N) is 1. The van der Waals surface area contributed by atoms with Gasteiger partial charge in [-0.3, -0.25) is 13.9 Å². The molecule has 1 amide bonds. The summed E-state index contributed by atoms with van der Waals surface area (Å²) in [5, 5.41) is 20.8. The van der Waals surface area contributed by atoms with Crippen molar-refractivity contribution in [3.63, 3.8) is 0 Å². The van der Waals surface area contributed by atoms with Crippen molar-refractivity contribution in [2.75, 3.05) is 10.6 Å². The number of halogens is 1. The lowest BCUT2D eigenvalue weighted by Gasteiger charge is -2.35. The molecule has 4 rings (SSSR count). The number of hydrogen-bond donors (Lipinski definition) is 4. The van der Waals surface area contributed by atoms with Crippen LogP contribution in [0.3, 0.4) is 0 Å². The Balaban J connectivity index is 1.88. The molecular weight excluding hydrogens is 612 g/mol. The first-order chi connectivity index (χ1) is 19.2. The van der Waals surface area contributed by atoms with E-state index in [1.165, 1.54) is 26.0 Å². The van der Waals surface area contributed by atoms with Crippen LogP contribution in [0.15, 0.2) is 76.2 Å². The van der Waals surface area contributed by atoms with Gasteiger partial charge in [0, 0.05) is 21.8 Å². The fourth-order valence-electron chi connectivity index (χ4n) is 4.61. The Labute approximate surface area is 245 Å². The number of primary amides is 1. The highest BCUT2D eigenvalue weighted by Crippen LogP contribution is 2.34. The molecule has 0 bridgehead atoms. The van der Waals surface area contributed by atoms with Gasteiger partial charge in [-0.05, 0) is 68.3 Å². The number of benzene rings is 3. The van der Waals surface area contributed by atoms with Gasteiger partial charge in [0.25, 0.3) is 0 Å². The lowest BCUT2D eigenvalue weighted by molar-refractivity contribution is -0.137. The average molecular weight is 642 g/mol. The highest BCUT2D eigenvalue weighted by atomic mass is 79.9. The second kappa shape index (κ2) is 11.4. The SMILES string of the molecule is CC(C)(C(N)=O)N(c1ccc(N=C(c2cccc(CCC(=O)O)c2)c2c(O)[nH]c3cc(Br)ccc23)cc1)S(C)(=O)=O. The topological polar surface area (TPSA) is 166 Å². The summed E-state index contributed by atoms with van der Waals surface area (Å²) in [6.45, 7) is 2.85. The van der Waals surface area contributed by atoms with Crippen molar-refractivity contribution in [2.45, 2.75) is 32.2 Å². The van der Waals surface area contributed by atoms with E-state index in [1.807, 2.05) is 36.4 Å². The molecule has 3 aromatic carbocycles. The summed E-state index contributed by atoms with van der Waals surface area (Å²) in [7, 11) is -3.87. The van der Waals surface area contributed by atoms with Crippen LogP contribution in [0.5, 0.6) is 5.88 Å². The van der Waals surface area contributed by atoms with Gasteiger partial charge in [0.2, 0.25) is 15.9 Å². The number of hydrogen-bond acceptors (Lipinski definition) is 6. The molecule has 0 unspecified atom stereocenters. The number of H-pyrrole nitrogens is 1. The summed E-state index contributed by atoms with van der Waals surface area (Å²) in [5.41, 5.74) is 7.62. The number of aromatic amines is 1. The monoisotopic (exact) mass is 640 g/mol. The molecule has 5 N–H and O–H groups in total. The maximum Gasteiger partial charge on any atom is 0.303 e. The maximum atomic E-state index is 12.6. The van der Waals surface area contributed by atoms with Gasteiger partial charge in [-0.25, -0.2) is 13.4 Å². The first-order valence-electron chi connectivity index (χ1n) is 12.5. The lowest BCUT2D eigenvalue weighted by Crippen LogP contribution is -2.55. The van der Waals surface area contributed by atoms with E-state index in [9.17, 15) is 23.1 Å². The molecule has 0 radical (unpaired) electrons. The molecule has 12 heteroatoms. The number of fused-ring (bicyclic) bond motifs is 1. The zero-order chi connectivity index (χ0) is 30.1. The second-order valence-electron chi connectivity index (χ2n) is 10.1. The van der Waals surface area contributed by atoms with Crippen molar-refractivity contribution in [2.24, 2.45) is 10.7 Å². The van der Waals surface area contributed by atoms with E-state index in [1.54, 1.807) is 18.2 Å². The molecule has 0 saturated carbocycles. The summed E-state index contributed by atoms with van der Waals surface area (Å²) in [5.74, 6) is -1.82. The van der Waals surface area contributed by atoms with Crippen molar-refractivity contribution < 1.29 is 28.2 Å². The number of carbonyl (C=O) groups is 2. The molecule has 0 saturated heterocycles. The Morgan fingerprint density at radius 1 is 1.07 bits per heavy atom. The number of carboxylic acids is 1. The predicted octanol–water partition coefficient (Wildman–Crippen LogP) is 4.85. The number of rotatable bonds is 10. The molecule has 0 aliphatic heterocycles. The van der Waals surface area contributed by atoms with E-state index in [0.29, 0.717) is 39.8 Å². The molecule has 1 aromatic heterocycles. The molecule has 1 heterocycles. The van der Waals surface area contributed by atoms with Gasteiger partial charge < -0.3 is 20.9 Å². The van der Waals surface area contributed by atoms with Gasteiger partial charge in [0.1, 0.15) is 5.54 Å². The molecule has 0 atom stereocenters.